The summed E-state index contributed by atoms with van der Waals surface area (Å²) in [6.45, 7) is 0. The Balaban J connectivity index is 1.83. The minimum atomic E-state index is -0.646. The van der Waals surface area contributed by atoms with Crippen molar-refractivity contribution in [2.75, 3.05) is 6.26 Å². The van der Waals surface area contributed by atoms with Crippen LogP contribution in [0, 0.1) is 0 Å². The molecule has 1 aliphatic heterocycles. The number of amides is 1. The lowest BCUT2D eigenvalue weighted by molar-refractivity contribution is -0.127. The Morgan fingerprint density at radius 1 is 1.18 bits per heavy atom. The molecule has 3 rings (SSSR count). The largest absolute Gasteiger partial charge is 0.382 e. The van der Waals surface area contributed by atoms with Gasteiger partial charge in [-0.15, -0.1) is 11.8 Å². The van der Waals surface area contributed by atoms with Crippen molar-refractivity contribution in [3.63, 3.8) is 0 Å². The molecule has 1 unspecified atom stereocenters. The smallest absolute Gasteiger partial charge is 0.261 e. The molecular formula is C17H16N2O2S. The zero-order chi connectivity index (χ0) is 15.5. The summed E-state index contributed by atoms with van der Waals surface area (Å²) in [7, 11) is 0. The van der Waals surface area contributed by atoms with Gasteiger partial charge in [-0.05, 0) is 29.0 Å². The van der Waals surface area contributed by atoms with Crippen LogP contribution in [-0.4, -0.2) is 24.0 Å². The summed E-state index contributed by atoms with van der Waals surface area (Å²) < 4.78 is 0. The fourth-order valence-electron chi connectivity index (χ4n) is 2.43. The van der Waals surface area contributed by atoms with E-state index in [-0.39, 0.29) is 0 Å². The van der Waals surface area contributed by atoms with Crippen molar-refractivity contribution in [1.29, 1.82) is 0 Å². The molecule has 0 saturated carbocycles. The molecule has 0 aliphatic carbocycles. The Kier molecular flexibility index (Phi) is 4.15. The van der Waals surface area contributed by atoms with Gasteiger partial charge in [-0.1, -0.05) is 47.6 Å². The van der Waals surface area contributed by atoms with Crippen molar-refractivity contribution < 1.29 is 9.63 Å². The molecule has 112 valence electrons. The molecule has 0 spiro atoms. The Morgan fingerprint density at radius 3 is 2.50 bits per heavy atom. The van der Waals surface area contributed by atoms with Crippen molar-refractivity contribution in [3.8, 4) is 11.1 Å². The van der Waals surface area contributed by atoms with E-state index in [4.69, 9.17) is 10.6 Å². The zero-order valence-corrected chi connectivity index (χ0v) is 13.0. The third kappa shape index (κ3) is 2.85. The van der Waals surface area contributed by atoms with Gasteiger partial charge in [-0.3, -0.25) is 4.79 Å². The third-order valence-electron chi connectivity index (χ3n) is 3.62. The number of hydrogen-bond donors (Lipinski definition) is 1. The van der Waals surface area contributed by atoms with Gasteiger partial charge in [-0.25, -0.2) is 0 Å². The summed E-state index contributed by atoms with van der Waals surface area (Å²) in [6.07, 6.45) is 1.85. The molecule has 1 atom stereocenters. The van der Waals surface area contributed by atoms with Crippen LogP contribution in [0.3, 0.4) is 0 Å². The molecule has 2 aromatic carbocycles. The second kappa shape index (κ2) is 6.23. The van der Waals surface area contributed by atoms with Gasteiger partial charge in [-0.2, -0.15) is 0 Å². The maximum atomic E-state index is 11.1. The van der Waals surface area contributed by atoms with E-state index in [0.29, 0.717) is 6.42 Å². The fourth-order valence-corrected chi connectivity index (χ4v) is 3.05. The van der Waals surface area contributed by atoms with Crippen LogP contribution >= 0.6 is 11.8 Å². The molecule has 0 saturated heterocycles. The van der Waals surface area contributed by atoms with E-state index in [1.165, 1.54) is 10.5 Å². The Hall–Kier alpha value is -2.27. The molecule has 0 bridgehead atoms. The predicted molar refractivity (Wildman–Crippen MR) is 88.9 cm³/mol. The average molecular weight is 312 g/mol. The van der Waals surface area contributed by atoms with Gasteiger partial charge >= 0.3 is 0 Å². The number of rotatable bonds is 4. The van der Waals surface area contributed by atoms with Crippen LogP contribution in [0.1, 0.15) is 12.0 Å². The molecule has 0 aromatic heterocycles. The molecule has 2 aromatic rings. The summed E-state index contributed by atoms with van der Waals surface area (Å²) in [4.78, 5) is 17.4. The average Bonchev–Trinajstić information content (AvgIpc) is 3.05. The predicted octanol–water partition coefficient (Wildman–Crippen LogP) is 3.05. The van der Waals surface area contributed by atoms with E-state index in [9.17, 15) is 4.79 Å². The number of benzene rings is 2. The van der Waals surface area contributed by atoms with E-state index in [0.717, 1.165) is 16.8 Å². The van der Waals surface area contributed by atoms with Crippen LogP contribution in [0.5, 0.6) is 0 Å². The number of nitrogens with two attached hydrogens (primary N) is 1. The van der Waals surface area contributed by atoms with Gasteiger partial charge in [0.2, 0.25) is 6.10 Å². The van der Waals surface area contributed by atoms with Crippen molar-refractivity contribution in [1.82, 2.24) is 0 Å². The zero-order valence-electron chi connectivity index (χ0n) is 12.2. The lowest BCUT2D eigenvalue weighted by atomic mass is 10.00. The van der Waals surface area contributed by atoms with E-state index in [1.54, 1.807) is 11.8 Å². The van der Waals surface area contributed by atoms with Crippen molar-refractivity contribution in [2.45, 2.75) is 17.4 Å². The van der Waals surface area contributed by atoms with Crippen LogP contribution in [0.25, 0.3) is 11.1 Å². The maximum Gasteiger partial charge on any atom is 0.261 e. The highest BCUT2D eigenvalue weighted by Gasteiger charge is 2.26. The molecule has 1 heterocycles. The van der Waals surface area contributed by atoms with Crippen molar-refractivity contribution in [3.05, 3.63) is 54.1 Å². The van der Waals surface area contributed by atoms with Gasteiger partial charge in [0.05, 0.1) is 5.71 Å². The third-order valence-corrected chi connectivity index (χ3v) is 4.42. The van der Waals surface area contributed by atoms with Gasteiger partial charge in [0.1, 0.15) is 0 Å². The topological polar surface area (TPSA) is 64.7 Å². The van der Waals surface area contributed by atoms with E-state index < -0.39 is 12.0 Å². The van der Waals surface area contributed by atoms with Crippen molar-refractivity contribution >= 4 is 23.4 Å². The van der Waals surface area contributed by atoms with Gasteiger partial charge in [0, 0.05) is 11.3 Å². The number of carbonyl (C=O) groups is 1. The second-order valence-electron chi connectivity index (χ2n) is 5.02. The summed E-state index contributed by atoms with van der Waals surface area (Å²) in [6, 6.07) is 16.4. The van der Waals surface area contributed by atoms with Crippen LogP contribution in [0.15, 0.2) is 58.6 Å². The summed E-state index contributed by atoms with van der Waals surface area (Å²) in [5, 5.41) is 3.96. The first-order valence-corrected chi connectivity index (χ1v) is 8.17. The number of oxime groups is 1. The second-order valence-corrected chi connectivity index (χ2v) is 5.86. The SMILES string of the molecule is CSc1ccccc1-c1ccc(C2=NOC(C(N)=O)C2)cc1. The normalized spacial score (nSPS) is 17.0. The first-order valence-electron chi connectivity index (χ1n) is 6.95. The Morgan fingerprint density at radius 2 is 1.86 bits per heavy atom. The maximum absolute atomic E-state index is 11.1. The lowest BCUT2D eigenvalue weighted by Gasteiger charge is -2.08. The number of carbonyl (C=O) groups excluding carboxylic acids is 1. The molecular weight excluding hydrogens is 296 g/mol. The van der Waals surface area contributed by atoms with Crippen LogP contribution < -0.4 is 5.73 Å². The molecule has 2 N–H and O–H groups in total. The summed E-state index contributed by atoms with van der Waals surface area (Å²) in [5.74, 6) is -0.482. The molecule has 22 heavy (non-hydrogen) atoms. The van der Waals surface area contributed by atoms with Gasteiger partial charge in [0.15, 0.2) is 0 Å². The quantitative estimate of drug-likeness (QED) is 0.883. The molecule has 1 amide bonds. The minimum Gasteiger partial charge on any atom is -0.382 e. The number of primary amides is 1. The number of nitrogens with zero attached hydrogens (tertiary/aromatic N) is 1. The first kappa shape index (κ1) is 14.7. The van der Waals surface area contributed by atoms with Crippen molar-refractivity contribution in [2.24, 2.45) is 10.9 Å². The fraction of sp³-hybridized carbons (Fsp3) is 0.176. The summed E-state index contributed by atoms with van der Waals surface area (Å²) >= 11 is 1.73. The highest BCUT2D eigenvalue weighted by Crippen LogP contribution is 2.30. The molecule has 4 nitrogen and oxygen atoms in total. The van der Waals surface area contributed by atoms with Crippen LogP contribution in [-0.2, 0) is 9.63 Å². The van der Waals surface area contributed by atoms with E-state index >= 15 is 0 Å². The minimum absolute atomic E-state index is 0.427. The van der Waals surface area contributed by atoms with Gasteiger partial charge in [0.25, 0.3) is 5.91 Å². The highest BCUT2D eigenvalue weighted by molar-refractivity contribution is 7.98. The first-order chi connectivity index (χ1) is 10.7. The van der Waals surface area contributed by atoms with Gasteiger partial charge < -0.3 is 10.6 Å². The molecule has 1 aliphatic rings. The molecule has 5 heteroatoms. The molecule has 0 radical (unpaired) electrons. The van der Waals surface area contributed by atoms with E-state index in [1.807, 2.05) is 24.3 Å². The Labute approximate surface area is 133 Å². The highest BCUT2D eigenvalue weighted by atomic mass is 32.2. The standard InChI is InChI=1S/C17H16N2O2S/c1-22-16-5-3-2-4-13(16)11-6-8-12(9-7-11)14-10-15(17(18)20)21-19-14/h2-9,15H,10H2,1H3,(H2,18,20). The van der Waals surface area contributed by atoms with Crippen LogP contribution in [0.4, 0.5) is 0 Å². The lowest BCUT2D eigenvalue weighted by Crippen LogP contribution is -2.28. The monoisotopic (exact) mass is 312 g/mol. The molecule has 0 fully saturated rings. The van der Waals surface area contributed by atoms with Crippen LogP contribution in [0.2, 0.25) is 0 Å². The Bertz CT molecular complexity index is 726. The summed E-state index contributed by atoms with van der Waals surface area (Å²) in [5.41, 5.74) is 9.30. The van der Waals surface area contributed by atoms with E-state index in [2.05, 4.69) is 35.7 Å². The number of thioether (sulfide) groups is 1. The number of hydrogen-bond acceptors (Lipinski definition) is 4.